The van der Waals surface area contributed by atoms with E-state index >= 15 is 0 Å². The monoisotopic (exact) mass is 330 g/mol. The van der Waals surface area contributed by atoms with Gasteiger partial charge in [-0.1, -0.05) is 0 Å². The molecule has 4 nitrogen and oxygen atoms in total. The molecule has 0 amide bonds. The van der Waals surface area contributed by atoms with Crippen molar-refractivity contribution in [3.8, 4) is 5.75 Å². The van der Waals surface area contributed by atoms with Crippen LogP contribution in [0.1, 0.15) is 53.2 Å². The van der Waals surface area contributed by atoms with Gasteiger partial charge in [0.15, 0.2) is 17.3 Å². The minimum atomic E-state index is -1.12. The molecule has 0 atom stereocenters. The number of allylic oxidation sites excluding steroid dienone is 1. The Morgan fingerprint density at radius 2 is 1.83 bits per heavy atom. The standard InChI is InChI=1S/C18H18O4S/c1-9-7-12(11(3)13-8-10(2)23-22-18(9)13)17(21)16-14(19)5-4-6-15(16)20/h7-8,16H,4-6H2,1-3H3. The third kappa shape index (κ3) is 2.74. The number of rotatable bonds is 2. The lowest BCUT2D eigenvalue weighted by Gasteiger charge is -2.23. The summed E-state index contributed by atoms with van der Waals surface area (Å²) in [7, 11) is 0. The molecule has 1 heterocycles. The summed E-state index contributed by atoms with van der Waals surface area (Å²) in [6.07, 6.45) is 3.15. The van der Waals surface area contributed by atoms with Crippen LogP contribution in [0.25, 0.3) is 6.08 Å². The van der Waals surface area contributed by atoms with Crippen molar-refractivity contribution in [1.29, 1.82) is 0 Å². The summed E-state index contributed by atoms with van der Waals surface area (Å²) in [4.78, 5) is 38.0. The number of benzene rings is 1. The molecule has 1 aliphatic heterocycles. The zero-order valence-electron chi connectivity index (χ0n) is 13.4. The highest BCUT2D eigenvalue weighted by atomic mass is 32.2. The normalized spacial score (nSPS) is 18.3. The van der Waals surface area contributed by atoms with E-state index in [1.165, 1.54) is 12.0 Å². The van der Waals surface area contributed by atoms with Crippen LogP contribution in [0.5, 0.6) is 5.75 Å². The van der Waals surface area contributed by atoms with Gasteiger partial charge in [0.25, 0.3) is 0 Å². The molecule has 5 heteroatoms. The lowest BCUT2D eigenvalue weighted by Crippen LogP contribution is -2.35. The smallest absolute Gasteiger partial charge is 0.181 e. The summed E-state index contributed by atoms with van der Waals surface area (Å²) in [6, 6.07) is 1.74. The van der Waals surface area contributed by atoms with Gasteiger partial charge in [0.05, 0.1) is 12.0 Å². The Bertz CT molecular complexity index is 745. The molecule has 2 aliphatic rings. The van der Waals surface area contributed by atoms with Gasteiger partial charge in [-0.05, 0) is 50.5 Å². The van der Waals surface area contributed by atoms with Gasteiger partial charge in [0, 0.05) is 28.9 Å². The van der Waals surface area contributed by atoms with Crippen LogP contribution in [0.15, 0.2) is 11.0 Å². The molecule has 0 saturated heterocycles. The number of hydrogen-bond donors (Lipinski definition) is 0. The summed E-state index contributed by atoms with van der Waals surface area (Å²) in [6.45, 7) is 5.64. The second-order valence-corrected chi connectivity index (χ2v) is 7.09. The molecule has 1 aliphatic carbocycles. The van der Waals surface area contributed by atoms with Gasteiger partial charge < -0.3 is 4.18 Å². The molecule has 0 spiro atoms. The van der Waals surface area contributed by atoms with E-state index in [2.05, 4.69) is 0 Å². The van der Waals surface area contributed by atoms with Crippen LogP contribution in [0.2, 0.25) is 0 Å². The van der Waals surface area contributed by atoms with E-state index in [1.54, 1.807) is 6.07 Å². The first-order valence-electron chi connectivity index (χ1n) is 7.67. The highest BCUT2D eigenvalue weighted by molar-refractivity contribution is 7.99. The van der Waals surface area contributed by atoms with Crippen molar-refractivity contribution in [2.45, 2.75) is 40.0 Å². The zero-order valence-corrected chi connectivity index (χ0v) is 14.2. The third-order valence-electron chi connectivity index (χ3n) is 4.39. The fraction of sp³-hybridized carbons (Fsp3) is 0.389. The van der Waals surface area contributed by atoms with Gasteiger partial charge in [-0.25, -0.2) is 0 Å². The topological polar surface area (TPSA) is 60.4 Å². The van der Waals surface area contributed by atoms with Gasteiger partial charge >= 0.3 is 0 Å². The molecule has 3 rings (SSSR count). The molecular formula is C18H18O4S. The molecule has 0 bridgehead atoms. The Hall–Kier alpha value is -1.88. The van der Waals surface area contributed by atoms with Crippen LogP contribution in [-0.4, -0.2) is 17.3 Å². The van der Waals surface area contributed by atoms with Crippen LogP contribution < -0.4 is 4.18 Å². The van der Waals surface area contributed by atoms with E-state index in [-0.39, 0.29) is 17.3 Å². The summed E-state index contributed by atoms with van der Waals surface area (Å²) in [5, 5.41) is 0. The van der Waals surface area contributed by atoms with Crippen molar-refractivity contribution in [2.24, 2.45) is 5.92 Å². The highest BCUT2D eigenvalue weighted by Crippen LogP contribution is 2.40. The van der Waals surface area contributed by atoms with Crippen molar-refractivity contribution >= 4 is 35.5 Å². The number of carbonyl (C=O) groups excluding carboxylic acids is 3. The van der Waals surface area contributed by atoms with Crippen molar-refractivity contribution in [1.82, 2.24) is 0 Å². The second-order valence-electron chi connectivity index (χ2n) is 6.11. The maximum atomic E-state index is 12.9. The SMILES string of the molecule is CC1=Cc2c(C)c(C(=O)C3C(=O)CCCC3=O)cc(C)c2OS1. The Morgan fingerprint density at radius 3 is 2.48 bits per heavy atom. The quantitative estimate of drug-likeness (QED) is 0.468. The van der Waals surface area contributed by atoms with E-state index in [9.17, 15) is 14.4 Å². The molecule has 23 heavy (non-hydrogen) atoms. The third-order valence-corrected chi connectivity index (χ3v) is 5.02. The van der Waals surface area contributed by atoms with Crippen LogP contribution in [0.4, 0.5) is 0 Å². The van der Waals surface area contributed by atoms with E-state index in [1.807, 2.05) is 26.8 Å². The second kappa shape index (κ2) is 5.96. The molecular weight excluding hydrogens is 312 g/mol. The fourth-order valence-electron chi connectivity index (χ4n) is 3.15. The van der Waals surface area contributed by atoms with E-state index < -0.39 is 5.92 Å². The maximum Gasteiger partial charge on any atom is 0.181 e. The zero-order chi connectivity index (χ0) is 16.7. The van der Waals surface area contributed by atoms with E-state index in [0.29, 0.717) is 24.8 Å². The predicted molar refractivity (Wildman–Crippen MR) is 89.5 cm³/mol. The number of carbonyl (C=O) groups is 3. The van der Waals surface area contributed by atoms with Gasteiger partial charge in [-0.3, -0.25) is 14.4 Å². The molecule has 1 fully saturated rings. The largest absolute Gasteiger partial charge is 0.420 e. The minimum Gasteiger partial charge on any atom is -0.420 e. The van der Waals surface area contributed by atoms with Crippen LogP contribution in [0, 0.1) is 19.8 Å². The number of Topliss-reactive ketones (excluding diaryl/α,β-unsaturated/α-hetero) is 3. The molecule has 1 aromatic carbocycles. The molecule has 0 unspecified atom stereocenters. The van der Waals surface area contributed by atoms with Crippen molar-refractivity contribution in [3.05, 3.63) is 33.2 Å². The number of fused-ring (bicyclic) bond motifs is 1. The van der Waals surface area contributed by atoms with Gasteiger partial charge in [0.1, 0.15) is 11.7 Å². The van der Waals surface area contributed by atoms with Crippen molar-refractivity contribution in [2.75, 3.05) is 0 Å². The van der Waals surface area contributed by atoms with Crippen LogP contribution >= 0.6 is 12.0 Å². The number of ketones is 3. The van der Waals surface area contributed by atoms with Crippen molar-refractivity contribution < 1.29 is 18.6 Å². The maximum absolute atomic E-state index is 12.9. The molecule has 0 aromatic heterocycles. The summed E-state index contributed by atoms with van der Waals surface area (Å²) in [5.74, 6) is -1.24. The molecule has 0 N–H and O–H groups in total. The molecule has 120 valence electrons. The van der Waals surface area contributed by atoms with Gasteiger partial charge in [0.2, 0.25) is 0 Å². The average Bonchev–Trinajstić information content (AvgIpc) is 2.50. The minimum absolute atomic E-state index is 0.250. The first-order valence-corrected chi connectivity index (χ1v) is 8.41. The predicted octanol–water partition coefficient (Wildman–Crippen LogP) is 3.83. The van der Waals surface area contributed by atoms with Crippen LogP contribution in [0.3, 0.4) is 0 Å². The Morgan fingerprint density at radius 1 is 1.17 bits per heavy atom. The summed E-state index contributed by atoms with van der Waals surface area (Å²) < 4.78 is 5.67. The first kappa shape index (κ1) is 16.0. The average molecular weight is 330 g/mol. The van der Waals surface area contributed by atoms with E-state index in [0.717, 1.165) is 27.3 Å². The van der Waals surface area contributed by atoms with E-state index in [4.69, 9.17) is 4.18 Å². The highest BCUT2D eigenvalue weighted by Gasteiger charge is 2.37. The Kier molecular flexibility index (Phi) is 4.15. The Labute approximate surface area is 139 Å². The first-order chi connectivity index (χ1) is 10.9. The summed E-state index contributed by atoms with van der Waals surface area (Å²) >= 11 is 1.29. The molecule has 1 saturated carbocycles. The van der Waals surface area contributed by atoms with Gasteiger partial charge in [-0.15, -0.1) is 0 Å². The van der Waals surface area contributed by atoms with Crippen molar-refractivity contribution in [3.63, 3.8) is 0 Å². The fourth-order valence-corrected chi connectivity index (χ4v) is 3.75. The van der Waals surface area contributed by atoms with Gasteiger partial charge in [-0.2, -0.15) is 0 Å². The van der Waals surface area contributed by atoms with Crippen LogP contribution in [-0.2, 0) is 9.59 Å². The molecule has 1 aromatic rings. The lowest BCUT2D eigenvalue weighted by molar-refractivity contribution is -0.133. The number of hydrogen-bond acceptors (Lipinski definition) is 5. The Balaban J connectivity index is 2.09. The number of aryl methyl sites for hydroxylation is 1. The summed E-state index contributed by atoms with van der Waals surface area (Å²) in [5.41, 5.74) is 2.91. The lowest BCUT2D eigenvalue weighted by atomic mass is 9.80. The molecule has 0 radical (unpaired) electrons.